The minimum absolute atomic E-state index is 0.161. The van der Waals surface area contributed by atoms with Crippen LogP contribution in [0.25, 0.3) is 0 Å². The maximum absolute atomic E-state index is 11.5. The quantitative estimate of drug-likeness (QED) is 0.307. The number of nitrogens with zero attached hydrogens (tertiary/aromatic N) is 2. The van der Waals surface area contributed by atoms with Crippen LogP contribution in [0.5, 0.6) is 5.75 Å². The lowest BCUT2D eigenvalue weighted by Gasteiger charge is -2.09. The number of rotatable bonds is 10. The monoisotopic (exact) mass is 409 g/mol. The van der Waals surface area contributed by atoms with Crippen LogP contribution in [0.15, 0.2) is 65.1 Å². The Morgan fingerprint density at radius 3 is 2.79 bits per heavy atom. The van der Waals surface area contributed by atoms with Crippen LogP contribution in [0.2, 0.25) is 0 Å². The Morgan fingerprint density at radius 2 is 1.97 bits per heavy atom. The van der Waals surface area contributed by atoms with E-state index in [1.54, 1.807) is 13.1 Å². The first-order valence-electron chi connectivity index (χ1n) is 9.39. The Hall–Kier alpha value is -3.19. The molecule has 29 heavy (non-hydrogen) atoms. The molecular weight excluding hydrogens is 386 g/mol. The standard InChI is InChI=1S/C22H23N3O3S/c1-2-27-21(26)14-19-16-29-22(24-19)25-23-15-18-10-6-7-11-20(18)28-13-12-17-8-4-3-5-9-17/h3-11,15-16H,2,12-14H2,1H3,(H,24,25). The first kappa shape index (κ1) is 20.5. The van der Waals surface area contributed by atoms with Crippen LogP contribution in [-0.2, 0) is 22.4 Å². The highest BCUT2D eigenvalue weighted by Crippen LogP contribution is 2.18. The van der Waals surface area contributed by atoms with Crippen molar-refractivity contribution in [2.75, 3.05) is 18.6 Å². The van der Waals surface area contributed by atoms with Crippen LogP contribution >= 0.6 is 11.3 Å². The molecule has 7 heteroatoms. The number of carbonyl (C=O) groups is 1. The number of hydrogen-bond donors (Lipinski definition) is 1. The normalized spacial score (nSPS) is 10.8. The van der Waals surface area contributed by atoms with E-state index in [0.717, 1.165) is 17.7 Å². The van der Waals surface area contributed by atoms with Crippen molar-refractivity contribution < 1.29 is 14.3 Å². The number of thiazole rings is 1. The van der Waals surface area contributed by atoms with Gasteiger partial charge in [-0.15, -0.1) is 11.3 Å². The van der Waals surface area contributed by atoms with Crippen LogP contribution in [0.3, 0.4) is 0 Å². The molecule has 6 nitrogen and oxygen atoms in total. The highest BCUT2D eigenvalue weighted by Gasteiger charge is 2.08. The fourth-order valence-corrected chi connectivity index (χ4v) is 3.26. The second-order valence-corrected chi connectivity index (χ2v) is 6.98. The summed E-state index contributed by atoms with van der Waals surface area (Å²) in [5.74, 6) is 0.491. The summed E-state index contributed by atoms with van der Waals surface area (Å²) >= 11 is 1.39. The minimum Gasteiger partial charge on any atom is -0.493 e. The van der Waals surface area contributed by atoms with Gasteiger partial charge in [-0.1, -0.05) is 42.5 Å². The number of hydrazone groups is 1. The molecule has 0 spiro atoms. The Balaban J connectivity index is 1.53. The second-order valence-electron chi connectivity index (χ2n) is 6.12. The number of aromatic nitrogens is 1. The Bertz CT molecular complexity index is 941. The first-order chi connectivity index (χ1) is 14.2. The molecule has 0 amide bonds. The topological polar surface area (TPSA) is 72.8 Å². The molecule has 1 aromatic heterocycles. The third kappa shape index (κ3) is 6.73. The summed E-state index contributed by atoms with van der Waals surface area (Å²) in [6.07, 6.45) is 2.70. The van der Waals surface area contributed by atoms with E-state index in [2.05, 4.69) is 27.6 Å². The van der Waals surface area contributed by atoms with Gasteiger partial charge in [-0.2, -0.15) is 5.10 Å². The van der Waals surface area contributed by atoms with E-state index in [-0.39, 0.29) is 12.4 Å². The summed E-state index contributed by atoms with van der Waals surface area (Å²) in [5, 5.41) is 6.67. The number of para-hydroxylation sites is 1. The number of ether oxygens (including phenoxy) is 2. The van der Waals surface area contributed by atoms with Crippen LogP contribution in [0.1, 0.15) is 23.7 Å². The van der Waals surface area contributed by atoms with E-state index < -0.39 is 0 Å². The van der Waals surface area contributed by atoms with Gasteiger partial charge in [-0.25, -0.2) is 4.98 Å². The Labute approximate surface area is 174 Å². The maximum Gasteiger partial charge on any atom is 0.311 e. The van der Waals surface area contributed by atoms with Crippen molar-refractivity contribution in [3.63, 3.8) is 0 Å². The van der Waals surface area contributed by atoms with Gasteiger partial charge in [0.1, 0.15) is 5.75 Å². The maximum atomic E-state index is 11.5. The van der Waals surface area contributed by atoms with Gasteiger partial charge in [-0.05, 0) is 24.6 Å². The van der Waals surface area contributed by atoms with Crippen molar-refractivity contribution >= 4 is 28.7 Å². The van der Waals surface area contributed by atoms with Crippen molar-refractivity contribution in [2.24, 2.45) is 5.10 Å². The predicted molar refractivity (Wildman–Crippen MR) is 116 cm³/mol. The van der Waals surface area contributed by atoms with Crippen molar-refractivity contribution in [1.29, 1.82) is 0 Å². The summed E-state index contributed by atoms with van der Waals surface area (Å²) < 4.78 is 10.9. The van der Waals surface area contributed by atoms with E-state index in [1.807, 2.05) is 47.8 Å². The fraction of sp³-hybridized carbons (Fsp3) is 0.227. The lowest BCUT2D eigenvalue weighted by atomic mass is 10.2. The van der Waals surface area contributed by atoms with Gasteiger partial charge in [0, 0.05) is 17.4 Å². The van der Waals surface area contributed by atoms with Crippen LogP contribution in [-0.4, -0.2) is 30.4 Å². The highest BCUT2D eigenvalue weighted by molar-refractivity contribution is 7.13. The molecule has 0 aliphatic rings. The molecule has 0 saturated carbocycles. The third-order valence-electron chi connectivity index (χ3n) is 3.96. The SMILES string of the molecule is CCOC(=O)Cc1csc(NN=Cc2ccccc2OCCc2ccccc2)n1. The zero-order chi connectivity index (χ0) is 20.3. The summed E-state index contributed by atoms with van der Waals surface area (Å²) in [4.78, 5) is 15.8. The van der Waals surface area contributed by atoms with Gasteiger partial charge in [0.25, 0.3) is 0 Å². The van der Waals surface area contributed by atoms with E-state index >= 15 is 0 Å². The first-order valence-corrected chi connectivity index (χ1v) is 10.3. The molecule has 0 bridgehead atoms. The summed E-state index contributed by atoms with van der Waals surface area (Å²) in [7, 11) is 0. The molecule has 0 unspecified atom stereocenters. The Morgan fingerprint density at radius 1 is 1.17 bits per heavy atom. The molecule has 0 atom stereocenters. The molecule has 0 aliphatic carbocycles. The van der Waals surface area contributed by atoms with E-state index in [0.29, 0.717) is 24.0 Å². The molecule has 0 radical (unpaired) electrons. The van der Waals surface area contributed by atoms with Gasteiger partial charge in [0.05, 0.1) is 31.5 Å². The number of hydrogen-bond acceptors (Lipinski definition) is 7. The van der Waals surface area contributed by atoms with Gasteiger partial charge in [-0.3, -0.25) is 10.2 Å². The molecule has 0 fully saturated rings. The van der Waals surface area contributed by atoms with Crippen molar-refractivity contribution in [3.8, 4) is 5.75 Å². The van der Waals surface area contributed by atoms with Gasteiger partial charge in [0.15, 0.2) is 0 Å². The minimum atomic E-state index is -0.283. The number of carbonyl (C=O) groups excluding carboxylic acids is 1. The Kier molecular flexibility index (Phi) is 7.77. The highest BCUT2D eigenvalue weighted by atomic mass is 32.1. The fourth-order valence-electron chi connectivity index (χ4n) is 2.60. The van der Waals surface area contributed by atoms with Crippen molar-refractivity contribution in [1.82, 2.24) is 4.98 Å². The largest absolute Gasteiger partial charge is 0.493 e. The van der Waals surface area contributed by atoms with Crippen molar-refractivity contribution in [3.05, 3.63) is 76.8 Å². The van der Waals surface area contributed by atoms with Crippen molar-refractivity contribution in [2.45, 2.75) is 19.8 Å². The zero-order valence-electron chi connectivity index (χ0n) is 16.2. The van der Waals surface area contributed by atoms with E-state index in [1.165, 1.54) is 16.9 Å². The van der Waals surface area contributed by atoms with E-state index in [9.17, 15) is 4.79 Å². The molecule has 0 saturated heterocycles. The molecule has 2 aromatic carbocycles. The number of esters is 1. The third-order valence-corrected chi connectivity index (χ3v) is 4.75. The molecular formula is C22H23N3O3S. The van der Waals surface area contributed by atoms with Gasteiger partial charge < -0.3 is 9.47 Å². The number of nitrogens with one attached hydrogen (secondary N) is 1. The van der Waals surface area contributed by atoms with Gasteiger partial charge in [0.2, 0.25) is 5.13 Å². The van der Waals surface area contributed by atoms with Crippen LogP contribution < -0.4 is 10.2 Å². The van der Waals surface area contributed by atoms with Gasteiger partial charge >= 0.3 is 5.97 Å². The number of benzene rings is 2. The average Bonchev–Trinajstić information content (AvgIpc) is 3.17. The smallest absolute Gasteiger partial charge is 0.311 e. The lowest BCUT2D eigenvalue weighted by molar-refractivity contribution is -0.142. The second kappa shape index (κ2) is 11.0. The zero-order valence-corrected chi connectivity index (χ0v) is 17.0. The van der Waals surface area contributed by atoms with E-state index in [4.69, 9.17) is 9.47 Å². The lowest BCUT2D eigenvalue weighted by Crippen LogP contribution is -2.07. The summed E-state index contributed by atoms with van der Waals surface area (Å²) in [5.41, 5.74) is 5.67. The number of anilines is 1. The molecule has 0 aliphatic heterocycles. The summed E-state index contributed by atoms with van der Waals surface area (Å²) in [6.45, 7) is 2.74. The molecule has 1 heterocycles. The summed E-state index contributed by atoms with van der Waals surface area (Å²) in [6, 6.07) is 18.0. The molecule has 150 valence electrons. The van der Waals surface area contributed by atoms with Crippen LogP contribution in [0, 0.1) is 0 Å². The predicted octanol–water partition coefficient (Wildman–Crippen LogP) is 4.32. The molecule has 3 rings (SSSR count). The van der Waals surface area contributed by atoms with Crippen LogP contribution in [0.4, 0.5) is 5.13 Å². The molecule has 3 aromatic rings. The average molecular weight is 410 g/mol. The molecule has 1 N–H and O–H groups in total.